The van der Waals surface area contributed by atoms with Gasteiger partial charge >= 0.3 is 12.0 Å². The molecule has 0 radical (unpaired) electrons. The first kappa shape index (κ1) is 20.5. The number of nitrogens with two attached hydrogens (primary N) is 1. The van der Waals surface area contributed by atoms with E-state index in [-0.39, 0.29) is 29.5 Å². The van der Waals surface area contributed by atoms with Crippen molar-refractivity contribution in [3.8, 4) is 0 Å². The van der Waals surface area contributed by atoms with Crippen LogP contribution in [0.3, 0.4) is 0 Å². The van der Waals surface area contributed by atoms with E-state index in [1.165, 1.54) is 4.90 Å². The smallest absolute Gasteiger partial charge is 0.368 e. The summed E-state index contributed by atoms with van der Waals surface area (Å²) in [5.74, 6) is -0.0980. The van der Waals surface area contributed by atoms with E-state index in [0.29, 0.717) is 21.6 Å². The predicted molar refractivity (Wildman–Crippen MR) is 109 cm³/mol. The predicted octanol–water partition coefficient (Wildman–Crippen LogP) is 3.33. The summed E-state index contributed by atoms with van der Waals surface area (Å²) in [4.78, 5) is 35.7. The normalized spacial score (nSPS) is 22.1. The first-order valence-electron chi connectivity index (χ1n) is 8.87. The molecule has 3 rings (SSSR count). The second kappa shape index (κ2) is 7.66. The molecule has 0 spiro atoms. The number of likely N-dealkylation sites (N-methyl/N-ethyl adjacent to an activating group) is 1. The highest BCUT2D eigenvalue weighted by atomic mass is 35.5. The van der Waals surface area contributed by atoms with Crippen LogP contribution in [0.25, 0.3) is 0 Å². The molecule has 3 amide bonds. The maximum Gasteiger partial charge on any atom is 0.427 e. The second-order valence-corrected chi connectivity index (χ2v) is 8.14. The number of hydrogen-bond donors (Lipinski definition) is 1. The Hall–Kier alpha value is -2.22. The number of rotatable bonds is 5. The Kier molecular flexibility index (Phi) is 5.61. The number of urea groups is 1. The Labute approximate surface area is 173 Å². The van der Waals surface area contributed by atoms with Gasteiger partial charge in [0.1, 0.15) is 13.1 Å². The lowest BCUT2D eigenvalue weighted by molar-refractivity contribution is -0.121. The summed E-state index contributed by atoms with van der Waals surface area (Å²) in [5.41, 5.74) is 7.06. The molecule has 28 heavy (non-hydrogen) atoms. The topological polar surface area (TPSA) is 89.2 Å². The van der Waals surface area contributed by atoms with Gasteiger partial charge in [-0.05, 0) is 24.1 Å². The zero-order valence-corrected chi connectivity index (χ0v) is 17.4. The Morgan fingerprint density at radius 2 is 2.07 bits per heavy atom. The van der Waals surface area contributed by atoms with Gasteiger partial charge in [-0.15, -0.1) is 0 Å². The van der Waals surface area contributed by atoms with Crippen molar-refractivity contribution in [3.05, 3.63) is 51.8 Å². The van der Waals surface area contributed by atoms with E-state index in [4.69, 9.17) is 28.9 Å². The van der Waals surface area contributed by atoms with Crippen molar-refractivity contribution in [1.82, 2.24) is 19.4 Å². The third-order valence-corrected chi connectivity index (χ3v) is 5.63. The zero-order chi connectivity index (χ0) is 20.6. The van der Waals surface area contributed by atoms with Crippen LogP contribution in [-0.2, 0) is 11.3 Å². The molecule has 2 unspecified atom stereocenters. The summed E-state index contributed by atoms with van der Waals surface area (Å²) in [6.45, 7) is 4.34. The number of aromatic nitrogens is 2. The fraction of sp³-hybridized carbons (Fsp3) is 0.368. The standard InChI is InChI=1S/C19H21Cl2N5O2/c1-11(2)15-6-7-23-18(24-15)26(9-12-4-5-13(20)8-14(12)21)10-16(17(22)27)25(3)19(26)28/h4-8,11,16H,9-10H2,1-3H3,(H-,22,27)/p+1. The minimum Gasteiger partial charge on any atom is -0.368 e. The summed E-state index contributed by atoms with van der Waals surface area (Å²) in [5, 5.41) is 0.932. The zero-order valence-electron chi connectivity index (χ0n) is 15.9. The van der Waals surface area contributed by atoms with Gasteiger partial charge in [0.15, 0.2) is 6.04 Å². The second-order valence-electron chi connectivity index (χ2n) is 7.29. The summed E-state index contributed by atoms with van der Waals surface area (Å²) >= 11 is 12.4. The van der Waals surface area contributed by atoms with Crippen molar-refractivity contribution < 1.29 is 9.59 Å². The van der Waals surface area contributed by atoms with Crippen LogP contribution in [0, 0.1) is 0 Å². The van der Waals surface area contributed by atoms with Crippen molar-refractivity contribution in [2.24, 2.45) is 5.73 Å². The fourth-order valence-electron chi connectivity index (χ4n) is 3.41. The number of benzene rings is 1. The molecule has 9 heteroatoms. The Bertz CT molecular complexity index is 936. The third kappa shape index (κ3) is 3.57. The maximum absolute atomic E-state index is 13.3. The molecule has 2 atom stereocenters. The van der Waals surface area contributed by atoms with E-state index < -0.39 is 11.9 Å². The van der Waals surface area contributed by atoms with E-state index in [0.717, 1.165) is 5.69 Å². The summed E-state index contributed by atoms with van der Waals surface area (Å²) in [6, 6.07) is 5.84. The lowest BCUT2D eigenvalue weighted by atomic mass is 10.1. The molecular weight excluding hydrogens is 401 g/mol. The number of hydrogen-bond acceptors (Lipinski definition) is 4. The number of amides is 3. The SMILES string of the molecule is CC(C)c1ccnc([N+]2(Cc3ccc(Cl)cc3Cl)CC(C(N)=O)N(C)C2=O)n1. The molecule has 1 aromatic carbocycles. The first-order valence-corrected chi connectivity index (χ1v) is 9.62. The van der Waals surface area contributed by atoms with Crippen LogP contribution in [0.15, 0.2) is 30.5 Å². The van der Waals surface area contributed by atoms with E-state index in [1.807, 2.05) is 19.9 Å². The molecule has 0 bridgehead atoms. The van der Waals surface area contributed by atoms with E-state index in [9.17, 15) is 9.59 Å². The lowest BCUT2D eigenvalue weighted by Gasteiger charge is -2.28. The highest BCUT2D eigenvalue weighted by Crippen LogP contribution is 2.34. The van der Waals surface area contributed by atoms with Gasteiger partial charge in [0.2, 0.25) is 5.91 Å². The quantitative estimate of drug-likeness (QED) is 0.748. The van der Waals surface area contributed by atoms with Gasteiger partial charge in [-0.3, -0.25) is 9.69 Å². The van der Waals surface area contributed by atoms with Gasteiger partial charge in [-0.25, -0.2) is 4.79 Å². The number of nitrogens with zero attached hydrogens (tertiary/aromatic N) is 4. The Morgan fingerprint density at radius 3 is 2.64 bits per heavy atom. The largest absolute Gasteiger partial charge is 0.427 e. The molecule has 1 aliphatic rings. The van der Waals surface area contributed by atoms with Crippen molar-refractivity contribution in [2.45, 2.75) is 32.4 Å². The van der Waals surface area contributed by atoms with Crippen LogP contribution in [0.1, 0.15) is 31.0 Å². The van der Waals surface area contributed by atoms with Crippen molar-refractivity contribution in [2.75, 3.05) is 13.6 Å². The maximum atomic E-state index is 13.3. The minimum atomic E-state index is -0.759. The molecule has 1 aromatic heterocycles. The molecule has 1 saturated heterocycles. The highest BCUT2D eigenvalue weighted by molar-refractivity contribution is 6.35. The van der Waals surface area contributed by atoms with Crippen LogP contribution in [0.5, 0.6) is 0 Å². The molecule has 0 saturated carbocycles. The molecule has 7 nitrogen and oxygen atoms in total. The lowest BCUT2D eigenvalue weighted by Crippen LogP contribution is -2.52. The highest BCUT2D eigenvalue weighted by Gasteiger charge is 2.56. The van der Waals surface area contributed by atoms with Gasteiger partial charge in [0.05, 0.1) is 10.7 Å². The Morgan fingerprint density at radius 1 is 1.36 bits per heavy atom. The molecule has 2 heterocycles. The van der Waals surface area contributed by atoms with Crippen LogP contribution < -0.4 is 10.2 Å². The number of carbonyl (C=O) groups is 2. The molecule has 0 aliphatic carbocycles. The number of carbonyl (C=O) groups excluding carboxylic acids is 2. The average molecular weight is 423 g/mol. The van der Waals surface area contributed by atoms with Crippen molar-refractivity contribution in [1.29, 1.82) is 0 Å². The Balaban J connectivity index is 2.16. The van der Waals surface area contributed by atoms with Crippen molar-refractivity contribution >= 4 is 41.1 Å². The monoisotopic (exact) mass is 422 g/mol. The molecule has 148 valence electrons. The van der Waals surface area contributed by atoms with Crippen LogP contribution in [0.4, 0.5) is 10.7 Å². The van der Waals surface area contributed by atoms with Crippen LogP contribution >= 0.6 is 23.2 Å². The van der Waals surface area contributed by atoms with Gasteiger partial charge in [0, 0.05) is 23.8 Å². The molecule has 1 fully saturated rings. The molecule has 2 aromatic rings. The van der Waals surface area contributed by atoms with E-state index in [2.05, 4.69) is 9.97 Å². The number of primary amides is 1. The third-order valence-electron chi connectivity index (χ3n) is 5.04. The summed E-state index contributed by atoms with van der Waals surface area (Å²) in [6.07, 6.45) is 1.63. The van der Waals surface area contributed by atoms with Gasteiger partial charge in [0.25, 0.3) is 0 Å². The van der Waals surface area contributed by atoms with Gasteiger partial charge in [-0.1, -0.05) is 43.1 Å². The molecule has 2 N–H and O–H groups in total. The van der Waals surface area contributed by atoms with Gasteiger partial charge < -0.3 is 5.73 Å². The fourth-order valence-corrected chi connectivity index (χ4v) is 3.88. The van der Waals surface area contributed by atoms with Crippen molar-refractivity contribution in [3.63, 3.8) is 0 Å². The summed E-state index contributed by atoms with van der Waals surface area (Å²) in [7, 11) is 1.56. The van der Waals surface area contributed by atoms with E-state index >= 15 is 0 Å². The van der Waals surface area contributed by atoms with Crippen LogP contribution in [0.2, 0.25) is 10.0 Å². The molecular formula is C19H22Cl2N5O2+. The average Bonchev–Trinajstić information content (AvgIpc) is 2.90. The summed E-state index contributed by atoms with van der Waals surface area (Å²) < 4.78 is -0.272. The van der Waals surface area contributed by atoms with E-state index in [1.54, 1.807) is 31.4 Å². The minimum absolute atomic E-state index is 0.130. The first-order chi connectivity index (χ1) is 13.2. The number of halogens is 2. The molecule has 1 aliphatic heterocycles. The van der Waals surface area contributed by atoms with Gasteiger partial charge in [-0.2, -0.15) is 14.5 Å². The number of quaternary nitrogens is 1. The van der Waals surface area contributed by atoms with Crippen LogP contribution in [-0.4, -0.2) is 46.4 Å².